The Bertz CT molecular complexity index is 367. The molecule has 0 atom stereocenters. The van der Waals surface area contributed by atoms with Crippen molar-refractivity contribution in [3.8, 4) is 0 Å². The molecule has 1 amide bonds. The van der Waals surface area contributed by atoms with Crippen molar-refractivity contribution in [3.05, 3.63) is 28.3 Å². The number of hydrogen-bond donors (Lipinski definition) is 1. The predicted molar refractivity (Wildman–Crippen MR) is 40.4 cm³/mol. The molecule has 1 aliphatic rings. The van der Waals surface area contributed by atoms with E-state index in [0.29, 0.717) is 12.1 Å². The van der Waals surface area contributed by atoms with Crippen LogP contribution < -0.4 is 5.32 Å². The molecule has 0 aliphatic carbocycles. The first-order valence-electron chi connectivity index (χ1n) is 3.31. The number of amides is 1. The lowest BCUT2D eigenvalue weighted by Crippen LogP contribution is -2.13. The lowest BCUT2D eigenvalue weighted by molar-refractivity contribution is 0.0962. The molecule has 62 valence electrons. The lowest BCUT2D eigenvalue weighted by Gasteiger charge is -1.97. The largest absolute Gasteiger partial charge is 0.348 e. The van der Waals surface area contributed by atoms with Crippen LogP contribution in [0.15, 0.2) is 6.20 Å². The standard InChI is InChI=1S/C7H4ClFN2O/c8-6-5(9)4-3(1-10-6)2-11-7(4)12/h1H,2H2,(H,11,12). The number of aromatic nitrogens is 1. The highest BCUT2D eigenvalue weighted by Crippen LogP contribution is 2.22. The van der Waals surface area contributed by atoms with Crippen LogP contribution in [0.1, 0.15) is 15.9 Å². The van der Waals surface area contributed by atoms with E-state index in [4.69, 9.17) is 11.6 Å². The van der Waals surface area contributed by atoms with Gasteiger partial charge in [-0.25, -0.2) is 9.37 Å². The van der Waals surface area contributed by atoms with Crippen LogP contribution in [0.2, 0.25) is 5.15 Å². The van der Waals surface area contributed by atoms with Gasteiger partial charge >= 0.3 is 0 Å². The second kappa shape index (κ2) is 2.42. The molecule has 0 aromatic carbocycles. The zero-order valence-electron chi connectivity index (χ0n) is 5.90. The third-order valence-electron chi connectivity index (χ3n) is 1.72. The van der Waals surface area contributed by atoms with Crippen LogP contribution in [-0.4, -0.2) is 10.9 Å². The van der Waals surface area contributed by atoms with E-state index in [-0.39, 0.29) is 10.7 Å². The topological polar surface area (TPSA) is 42.0 Å². The van der Waals surface area contributed by atoms with Crippen LogP contribution in [0.5, 0.6) is 0 Å². The van der Waals surface area contributed by atoms with Crippen LogP contribution in [0.3, 0.4) is 0 Å². The van der Waals surface area contributed by atoms with Crippen molar-refractivity contribution >= 4 is 17.5 Å². The predicted octanol–water partition coefficient (Wildman–Crippen LogP) is 1.12. The van der Waals surface area contributed by atoms with Gasteiger partial charge in [-0.2, -0.15) is 0 Å². The van der Waals surface area contributed by atoms with Crippen molar-refractivity contribution in [1.82, 2.24) is 10.3 Å². The molecule has 2 heterocycles. The van der Waals surface area contributed by atoms with E-state index in [1.54, 1.807) is 0 Å². The van der Waals surface area contributed by atoms with Gasteiger partial charge in [-0.15, -0.1) is 0 Å². The quantitative estimate of drug-likeness (QED) is 0.617. The first-order valence-corrected chi connectivity index (χ1v) is 3.69. The van der Waals surface area contributed by atoms with Gasteiger partial charge in [0.25, 0.3) is 5.91 Å². The van der Waals surface area contributed by atoms with E-state index in [2.05, 4.69) is 10.3 Å². The normalized spacial score (nSPS) is 14.3. The molecular weight excluding hydrogens is 183 g/mol. The van der Waals surface area contributed by atoms with Gasteiger partial charge in [-0.05, 0) is 0 Å². The molecule has 5 heteroatoms. The number of pyridine rings is 1. The highest BCUT2D eigenvalue weighted by Gasteiger charge is 2.25. The molecule has 2 rings (SSSR count). The van der Waals surface area contributed by atoms with Gasteiger partial charge in [-0.1, -0.05) is 11.6 Å². The highest BCUT2D eigenvalue weighted by atomic mass is 35.5. The van der Waals surface area contributed by atoms with Crippen LogP contribution >= 0.6 is 11.6 Å². The van der Waals surface area contributed by atoms with Gasteiger partial charge in [-0.3, -0.25) is 4.79 Å². The van der Waals surface area contributed by atoms with Crippen molar-refractivity contribution in [2.75, 3.05) is 0 Å². The lowest BCUT2D eigenvalue weighted by atomic mass is 10.2. The number of carbonyl (C=O) groups is 1. The van der Waals surface area contributed by atoms with Crippen molar-refractivity contribution < 1.29 is 9.18 Å². The molecule has 0 unspecified atom stereocenters. The molecule has 0 saturated heterocycles. The summed E-state index contributed by atoms with van der Waals surface area (Å²) in [7, 11) is 0. The minimum absolute atomic E-state index is 0.0231. The van der Waals surface area contributed by atoms with Crippen molar-refractivity contribution in [3.63, 3.8) is 0 Å². The number of nitrogens with zero attached hydrogens (tertiary/aromatic N) is 1. The Labute approximate surface area is 72.6 Å². The highest BCUT2D eigenvalue weighted by molar-refractivity contribution is 6.30. The Morgan fingerprint density at radius 1 is 1.67 bits per heavy atom. The first-order chi connectivity index (χ1) is 5.70. The smallest absolute Gasteiger partial charge is 0.255 e. The second-order valence-corrected chi connectivity index (χ2v) is 2.80. The Balaban J connectivity index is 2.71. The number of rotatable bonds is 0. The minimum atomic E-state index is -0.732. The summed E-state index contributed by atoms with van der Waals surface area (Å²) in [4.78, 5) is 14.6. The maximum absolute atomic E-state index is 13.1. The third kappa shape index (κ3) is 0.881. The van der Waals surface area contributed by atoms with E-state index in [1.165, 1.54) is 6.20 Å². The molecule has 0 bridgehead atoms. The molecule has 1 N–H and O–H groups in total. The van der Waals surface area contributed by atoms with Crippen LogP contribution in [0, 0.1) is 5.82 Å². The molecule has 0 fully saturated rings. The molecule has 0 radical (unpaired) electrons. The van der Waals surface area contributed by atoms with E-state index in [9.17, 15) is 9.18 Å². The fraction of sp³-hybridized carbons (Fsp3) is 0.143. The molecule has 12 heavy (non-hydrogen) atoms. The number of halogens is 2. The summed E-state index contributed by atoms with van der Waals surface area (Å²) < 4.78 is 13.1. The zero-order chi connectivity index (χ0) is 8.72. The molecular formula is C7H4ClFN2O. The Morgan fingerprint density at radius 2 is 2.42 bits per heavy atom. The zero-order valence-corrected chi connectivity index (χ0v) is 6.65. The molecule has 1 aromatic heterocycles. The number of fused-ring (bicyclic) bond motifs is 1. The molecule has 0 saturated carbocycles. The van der Waals surface area contributed by atoms with Crippen LogP contribution in [0.4, 0.5) is 4.39 Å². The number of hydrogen-bond acceptors (Lipinski definition) is 2. The van der Waals surface area contributed by atoms with Crippen molar-refractivity contribution in [1.29, 1.82) is 0 Å². The van der Waals surface area contributed by atoms with Gasteiger partial charge in [0, 0.05) is 18.3 Å². The average molecular weight is 187 g/mol. The van der Waals surface area contributed by atoms with E-state index < -0.39 is 11.7 Å². The van der Waals surface area contributed by atoms with Gasteiger partial charge in [0.1, 0.15) is 0 Å². The number of nitrogens with one attached hydrogen (secondary N) is 1. The summed E-state index contributed by atoms with van der Waals surface area (Å²) in [6.45, 7) is 0.329. The van der Waals surface area contributed by atoms with Gasteiger partial charge < -0.3 is 5.32 Å². The van der Waals surface area contributed by atoms with E-state index >= 15 is 0 Å². The van der Waals surface area contributed by atoms with Crippen molar-refractivity contribution in [2.24, 2.45) is 0 Å². The fourth-order valence-corrected chi connectivity index (χ4v) is 1.29. The molecule has 0 spiro atoms. The van der Waals surface area contributed by atoms with Gasteiger partial charge in [0.15, 0.2) is 11.0 Å². The summed E-state index contributed by atoms with van der Waals surface area (Å²) >= 11 is 5.39. The summed E-state index contributed by atoms with van der Waals surface area (Å²) in [6, 6.07) is 0. The fourth-order valence-electron chi connectivity index (χ4n) is 1.14. The SMILES string of the molecule is O=C1NCc2cnc(Cl)c(F)c21. The average Bonchev–Trinajstić information content (AvgIpc) is 2.41. The Hall–Kier alpha value is -1.16. The minimum Gasteiger partial charge on any atom is -0.348 e. The maximum atomic E-state index is 13.1. The Morgan fingerprint density at radius 3 is 3.17 bits per heavy atom. The van der Waals surface area contributed by atoms with E-state index in [1.807, 2.05) is 0 Å². The molecule has 1 aliphatic heterocycles. The summed E-state index contributed by atoms with van der Waals surface area (Å²) in [6.07, 6.45) is 1.40. The monoisotopic (exact) mass is 186 g/mol. The van der Waals surface area contributed by atoms with Gasteiger partial charge in [0.2, 0.25) is 0 Å². The van der Waals surface area contributed by atoms with Gasteiger partial charge in [0.05, 0.1) is 5.56 Å². The summed E-state index contributed by atoms with van der Waals surface area (Å²) in [5.74, 6) is -1.16. The summed E-state index contributed by atoms with van der Waals surface area (Å²) in [5, 5.41) is 2.22. The van der Waals surface area contributed by atoms with Crippen molar-refractivity contribution in [2.45, 2.75) is 6.54 Å². The second-order valence-electron chi connectivity index (χ2n) is 2.45. The van der Waals surface area contributed by atoms with Crippen LogP contribution in [0.25, 0.3) is 0 Å². The molecule has 1 aromatic rings. The third-order valence-corrected chi connectivity index (χ3v) is 1.99. The number of carbonyl (C=O) groups excluding carboxylic acids is 1. The van der Waals surface area contributed by atoms with E-state index in [0.717, 1.165) is 0 Å². The molecule has 3 nitrogen and oxygen atoms in total. The Kier molecular flexibility index (Phi) is 1.51. The first kappa shape index (κ1) is 7.49. The van der Waals surface area contributed by atoms with Crippen LogP contribution in [-0.2, 0) is 6.54 Å². The summed E-state index contributed by atoms with van der Waals surface area (Å²) in [5.41, 5.74) is 0.580. The maximum Gasteiger partial charge on any atom is 0.255 e.